The Balaban J connectivity index is 1.87. The maximum atomic E-state index is 13.7. The first kappa shape index (κ1) is 16.4. The minimum atomic E-state index is -4.12. The zero-order valence-corrected chi connectivity index (χ0v) is 14.4. The van der Waals surface area contributed by atoms with Crippen molar-refractivity contribution in [2.45, 2.75) is 23.2 Å². The second-order valence-corrected chi connectivity index (χ2v) is 8.61. The van der Waals surface area contributed by atoms with Gasteiger partial charge in [-0.05, 0) is 36.6 Å². The Morgan fingerprint density at radius 3 is 2.56 bits per heavy atom. The van der Waals surface area contributed by atoms with Gasteiger partial charge in [-0.25, -0.2) is 17.6 Å². The molecule has 0 saturated heterocycles. The molecule has 0 amide bonds. The van der Waals surface area contributed by atoms with E-state index in [2.05, 4.69) is 0 Å². The smallest absolute Gasteiger partial charge is 0.338 e. The van der Waals surface area contributed by atoms with Crippen molar-refractivity contribution in [2.75, 3.05) is 10.8 Å². The first-order chi connectivity index (χ1) is 11.8. The van der Waals surface area contributed by atoms with Crippen molar-refractivity contribution < 1.29 is 22.7 Å². The number of hydrogen-bond donors (Lipinski definition) is 1. The average Bonchev–Trinajstić information content (AvgIpc) is 3.24. The summed E-state index contributed by atoms with van der Waals surface area (Å²) in [5.74, 6) is -2.62. The van der Waals surface area contributed by atoms with Crippen molar-refractivity contribution in [1.82, 2.24) is 0 Å². The van der Waals surface area contributed by atoms with Crippen LogP contribution in [0.2, 0.25) is 5.02 Å². The van der Waals surface area contributed by atoms with Gasteiger partial charge < -0.3 is 5.11 Å². The molecule has 0 bridgehead atoms. The number of carboxylic acids is 1. The summed E-state index contributed by atoms with van der Waals surface area (Å²) in [6, 6.07) is 8.75. The van der Waals surface area contributed by atoms with Crippen LogP contribution in [0.1, 0.15) is 28.8 Å². The molecule has 25 heavy (non-hydrogen) atoms. The van der Waals surface area contributed by atoms with E-state index in [9.17, 15) is 17.6 Å². The number of nitrogens with zero attached hydrogens (tertiary/aromatic N) is 1. The molecule has 1 heterocycles. The molecule has 1 spiro atoms. The summed E-state index contributed by atoms with van der Waals surface area (Å²) in [4.78, 5) is 10.8. The molecule has 2 aliphatic rings. The van der Waals surface area contributed by atoms with Gasteiger partial charge in [0, 0.05) is 12.0 Å². The molecule has 0 unspecified atom stereocenters. The van der Waals surface area contributed by atoms with Crippen LogP contribution in [0.4, 0.5) is 10.1 Å². The van der Waals surface area contributed by atoms with Crippen LogP contribution in [0.5, 0.6) is 0 Å². The standard InChI is InChI=1S/C17H13ClFNO4S/c18-12-8-13(19)10(16(21)22)7-15(12)25(23,24)20-9-17(5-6-17)11-3-1-2-4-14(11)20/h1-4,7-8H,5-6,9H2,(H,21,22). The lowest BCUT2D eigenvalue weighted by atomic mass is 9.99. The molecular formula is C17H13ClFNO4S. The summed E-state index contributed by atoms with van der Waals surface area (Å²) in [7, 11) is -4.12. The van der Waals surface area contributed by atoms with E-state index in [1.165, 1.54) is 4.31 Å². The summed E-state index contributed by atoms with van der Waals surface area (Å²) < 4.78 is 41.3. The highest BCUT2D eigenvalue weighted by Gasteiger charge is 2.54. The lowest BCUT2D eigenvalue weighted by molar-refractivity contribution is 0.0691. The van der Waals surface area contributed by atoms with Gasteiger partial charge in [0.2, 0.25) is 0 Å². The number of sulfonamides is 1. The maximum absolute atomic E-state index is 13.7. The largest absolute Gasteiger partial charge is 0.478 e. The van der Waals surface area contributed by atoms with Gasteiger partial charge in [0.15, 0.2) is 0 Å². The molecule has 130 valence electrons. The van der Waals surface area contributed by atoms with E-state index in [4.69, 9.17) is 16.7 Å². The van der Waals surface area contributed by atoms with Crippen LogP contribution in [-0.4, -0.2) is 26.0 Å². The molecule has 1 fully saturated rings. The van der Waals surface area contributed by atoms with Crippen LogP contribution in [0, 0.1) is 5.82 Å². The third-order valence-corrected chi connectivity index (χ3v) is 7.09. The van der Waals surface area contributed by atoms with Crippen LogP contribution in [0.25, 0.3) is 0 Å². The minimum Gasteiger partial charge on any atom is -0.478 e. The van der Waals surface area contributed by atoms with Crippen LogP contribution in [0.3, 0.4) is 0 Å². The second-order valence-electron chi connectivity index (χ2n) is 6.38. The fourth-order valence-corrected chi connectivity index (χ4v) is 5.47. The number of aromatic carboxylic acids is 1. The van der Waals surface area contributed by atoms with E-state index in [1.54, 1.807) is 12.1 Å². The lowest BCUT2D eigenvalue weighted by Crippen LogP contribution is -2.32. The molecule has 1 aliphatic heterocycles. The molecule has 0 radical (unpaired) electrons. The molecule has 5 nitrogen and oxygen atoms in total. The number of carboxylic acid groups (broad SMARTS) is 1. The molecule has 1 N–H and O–H groups in total. The Labute approximate surface area is 148 Å². The number of carbonyl (C=O) groups is 1. The Bertz CT molecular complexity index is 1020. The summed E-state index contributed by atoms with van der Waals surface area (Å²) in [6.07, 6.45) is 1.79. The fraction of sp³-hybridized carbons (Fsp3) is 0.235. The van der Waals surface area contributed by atoms with E-state index < -0.39 is 32.3 Å². The van der Waals surface area contributed by atoms with E-state index in [1.807, 2.05) is 12.1 Å². The normalized spacial score (nSPS) is 17.6. The lowest BCUT2D eigenvalue weighted by Gasteiger charge is -2.21. The van der Waals surface area contributed by atoms with Crippen molar-refractivity contribution in [2.24, 2.45) is 0 Å². The number of anilines is 1. The van der Waals surface area contributed by atoms with E-state index in [0.717, 1.165) is 30.5 Å². The van der Waals surface area contributed by atoms with Crippen molar-refractivity contribution in [3.8, 4) is 0 Å². The molecular weight excluding hydrogens is 369 g/mol. The molecule has 0 aromatic heterocycles. The predicted octanol–water partition coefficient (Wildman–Crippen LogP) is 3.42. The van der Waals surface area contributed by atoms with Gasteiger partial charge in [0.25, 0.3) is 10.0 Å². The fourth-order valence-electron chi connectivity index (χ4n) is 3.39. The van der Waals surface area contributed by atoms with Gasteiger partial charge in [-0.15, -0.1) is 0 Å². The Morgan fingerprint density at radius 1 is 1.24 bits per heavy atom. The predicted molar refractivity (Wildman–Crippen MR) is 90.3 cm³/mol. The maximum Gasteiger partial charge on any atom is 0.338 e. The molecule has 8 heteroatoms. The molecule has 4 rings (SSSR count). The van der Waals surface area contributed by atoms with E-state index >= 15 is 0 Å². The van der Waals surface area contributed by atoms with Gasteiger partial charge in [0.1, 0.15) is 10.7 Å². The number of halogens is 2. The number of benzene rings is 2. The van der Waals surface area contributed by atoms with Crippen molar-refractivity contribution in [3.05, 3.63) is 58.4 Å². The third-order valence-electron chi connectivity index (χ3n) is 4.86. The van der Waals surface area contributed by atoms with Gasteiger partial charge in [-0.3, -0.25) is 4.31 Å². The van der Waals surface area contributed by atoms with Crippen molar-refractivity contribution in [3.63, 3.8) is 0 Å². The molecule has 2 aromatic rings. The molecule has 0 atom stereocenters. The van der Waals surface area contributed by atoms with Gasteiger partial charge >= 0.3 is 5.97 Å². The topological polar surface area (TPSA) is 74.7 Å². The Morgan fingerprint density at radius 2 is 1.92 bits per heavy atom. The van der Waals surface area contributed by atoms with E-state index in [0.29, 0.717) is 5.69 Å². The SMILES string of the molecule is O=C(O)c1cc(S(=O)(=O)N2CC3(CC3)c3ccccc32)c(Cl)cc1F. The molecule has 2 aromatic carbocycles. The zero-order valence-electron chi connectivity index (χ0n) is 12.9. The van der Waals surface area contributed by atoms with Gasteiger partial charge in [0.05, 0.1) is 16.3 Å². The summed E-state index contributed by atoms with van der Waals surface area (Å²) in [6.45, 7) is 0.283. The van der Waals surface area contributed by atoms with Crippen LogP contribution < -0.4 is 4.31 Å². The van der Waals surface area contributed by atoms with Crippen molar-refractivity contribution in [1.29, 1.82) is 0 Å². The summed E-state index contributed by atoms with van der Waals surface area (Å²) in [5.41, 5.74) is 0.635. The quantitative estimate of drug-likeness (QED) is 0.884. The van der Waals surface area contributed by atoms with Gasteiger partial charge in [-0.2, -0.15) is 0 Å². The number of rotatable bonds is 3. The Kier molecular flexibility index (Phi) is 3.39. The van der Waals surface area contributed by atoms with Crippen LogP contribution in [0.15, 0.2) is 41.3 Å². The summed E-state index contributed by atoms with van der Waals surface area (Å²) in [5, 5.41) is 8.74. The Hall–Kier alpha value is -2.12. The highest BCUT2D eigenvalue weighted by Crippen LogP contribution is 2.57. The number of para-hydroxylation sites is 1. The van der Waals surface area contributed by atoms with Crippen LogP contribution in [-0.2, 0) is 15.4 Å². The third kappa shape index (κ3) is 2.33. The first-order valence-corrected chi connectivity index (χ1v) is 9.43. The zero-order chi connectivity index (χ0) is 18.0. The van der Waals surface area contributed by atoms with Gasteiger partial charge in [-0.1, -0.05) is 29.8 Å². The average molecular weight is 382 g/mol. The summed E-state index contributed by atoms with van der Waals surface area (Å²) >= 11 is 5.94. The second kappa shape index (κ2) is 5.19. The minimum absolute atomic E-state index is 0.175. The molecule has 1 aliphatic carbocycles. The number of fused-ring (bicyclic) bond motifs is 2. The number of hydrogen-bond acceptors (Lipinski definition) is 3. The van der Waals surface area contributed by atoms with E-state index in [-0.39, 0.29) is 17.0 Å². The monoisotopic (exact) mass is 381 g/mol. The highest BCUT2D eigenvalue weighted by atomic mass is 35.5. The van der Waals surface area contributed by atoms with Crippen LogP contribution >= 0.6 is 11.6 Å². The molecule has 1 saturated carbocycles. The van der Waals surface area contributed by atoms with Crippen molar-refractivity contribution >= 4 is 33.3 Å². The highest BCUT2D eigenvalue weighted by molar-refractivity contribution is 7.93. The first-order valence-electron chi connectivity index (χ1n) is 7.61.